The second kappa shape index (κ2) is 14.4. The number of nitrogens with zero attached hydrogens (tertiary/aromatic N) is 5. The Kier molecular flexibility index (Phi) is 11.3. The summed E-state index contributed by atoms with van der Waals surface area (Å²) in [6.45, 7) is 2.32. The van der Waals surface area contributed by atoms with Gasteiger partial charge in [-0.1, -0.05) is 5.21 Å². The second-order valence-corrected chi connectivity index (χ2v) is 13.4. The normalized spacial score (nSPS) is 31.5. The summed E-state index contributed by atoms with van der Waals surface area (Å²) < 4.78 is 35.5. The van der Waals surface area contributed by atoms with Crippen LogP contribution in [-0.4, -0.2) is 138 Å². The summed E-state index contributed by atoms with van der Waals surface area (Å²) in [6.07, 6.45) is -13.4. The number of nitrogen functional groups attached to an aromatic ring is 1. The van der Waals surface area contributed by atoms with E-state index in [1.807, 2.05) is 0 Å². The van der Waals surface area contributed by atoms with Gasteiger partial charge in [0, 0.05) is 19.5 Å². The minimum Gasteiger partial charge on any atom is -0.477 e. The molecule has 2 aliphatic rings. The number of phosphoric ester groups is 1. The van der Waals surface area contributed by atoms with E-state index in [0.717, 1.165) is 22.4 Å². The summed E-state index contributed by atoms with van der Waals surface area (Å²) in [4.78, 5) is 50.6. The number of anilines is 1. The van der Waals surface area contributed by atoms with E-state index in [9.17, 15) is 59.6 Å². The van der Waals surface area contributed by atoms with E-state index in [1.54, 1.807) is 0 Å². The number of rotatable bonds is 13. The van der Waals surface area contributed by atoms with E-state index >= 15 is 0 Å². The molecule has 0 bridgehead atoms. The first-order chi connectivity index (χ1) is 22.6. The Morgan fingerprint density at radius 1 is 1.27 bits per heavy atom. The quantitative estimate of drug-likeness (QED) is 0.0867. The molecule has 0 radical (unpaired) electrons. The predicted molar refractivity (Wildman–Crippen MR) is 156 cm³/mol. The molecular weight excluding hydrogens is 685 g/mol. The second-order valence-electron chi connectivity index (χ2n) is 12.0. The number of amides is 1. The maximum atomic E-state index is 13.1. The molecule has 2 fully saturated rings. The van der Waals surface area contributed by atoms with Crippen LogP contribution in [0.3, 0.4) is 0 Å². The first-order valence-electron chi connectivity index (χ1n) is 14.5. The number of carboxylic acid groups (broad SMARTS) is 1. The lowest BCUT2D eigenvalue weighted by molar-refractivity contribution is -0.288. The first-order valence-corrected chi connectivity index (χ1v) is 16.0. The van der Waals surface area contributed by atoms with Crippen LogP contribution in [0.4, 0.5) is 5.82 Å². The van der Waals surface area contributed by atoms with Gasteiger partial charge in [0.05, 0.1) is 31.5 Å². The van der Waals surface area contributed by atoms with Crippen LogP contribution in [0.5, 0.6) is 0 Å². The minimum atomic E-state index is -5.57. The standard InChI is InChI=1S/C25H38N7O16P/c1-10(33)27-16-11(34)6-25(22(39)40,47-20(16)17(36)12(35)7-31-8-14(29-30-31)24(2,3)42)48-49(43,44)45-9-13-18(37)19(38)21(46-13)32-5-4-15(26)28-23(32)41/h4-5,8,11-13,16-21,34-38,42H,6-7,9H2,1-3H3,(H,27,33)(H,39,40)(H,43,44)(H2,26,28,41)/t11-,12+,13+,16+,17+,18+,19+,20+,21+,25+/m0/s1. The molecule has 274 valence electrons. The zero-order chi connectivity index (χ0) is 36.6. The highest BCUT2D eigenvalue weighted by atomic mass is 31.2. The van der Waals surface area contributed by atoms with Crippen molar-refractivity contribution in [1.82, 2.24) is 29.9 Å². The number of nitrogens with one attached hydrogen (secondary N) is 1. The maximum absolute atomic E-state index is 13.1. The largest absolute Gasteiger partial charge is 0.477 e. The molecule has 24 heteroatoms. The molecule has 0 aromatic carbocycles. The van der Waals surface area contributed by atoms with E-state index in [-0.39, 0.29) is 11.5 Å². The molecule has 1 amide bonds. The van der Waals surface area contributed by atoms with Crippen molar-refractivity contribution in [3.05, 3.63) is 34.6 Å². The Balaban J connectivity index is 1.52. The number of aromatic nitrogens is 5. The van der Waals surface area contributed by atoms with Crippen LogP contribution in [0, 0.1) is 0 Å². The summed E-state index contributed by atoms with van der Waals surface area (Å²) >= 11 is 0. The van der Waals surface area contributed by atoms with E-state index in [0.29, 0.717) is 0 Å². The molecule has 2 aromatic rings. The Morgan fingerprint density at radius 3 is 2.51 bits per heavy atom. The smallest absolute Gasteiger partial charge is 0.475 e. The van der Waals surface area contributed by atoms with E-state index in [1.165, 1.54) is 26.1 Å². The van der Waals surface area contributed by atoms with Gasteiger partial charge in [-0.15, -0.1) is 5.10 Å². The summed E-state index contributed by atoms with van der Waals surface area (Å²) in [7, 11) is -5.57. The number of carbonyl (C=O) groups is 2. The number of aliphatic carboxylic acids is 1. The SMILES string of the molecule is CC(=O)N[C@H]1[C@H]([C@H](O)[C@H](O)Cn2cc(C(C)(C)O)nn2)O[C@](OP(=O)(O)OC[C@H]2O[C@@H](n3ccc(N)nc3=O)[C@H](O)[C@@H]2O)(C(=O)O)C[C@@H]1O. The topological polar surface area (TPSA) is 354 Å². The van der Waals surface area contributed by atoms with Gasteiger partial charge >= 0.3 is 19.5 Å². The van der Waals surface area contributed by atoms with Gasteiger partial charge in [0.2, 0.25) is 5.91 Å². The third kappa shape index (κ3) is 8.65. The predicted octanol–water partition coefficient (Wildman–Crippen LogP) is -4.75. The Hall–Kier alpha value is -3.45. The fourth-order valence-corrected chi connectivity index (χ4v) is 6.13. The van der Waals surface area contributed by atoms with E-state index in [2.05, 4.69) is 20.6 Å². The number of carbonyl (C=O) groups excluding carboxylic acids is 1. The highest BCUT2D eigenvalue weighted by Crippen LogP contribution is 2.51. The minimum absolute atomic E-state index is 0.100. The molecule has 23 nitrogen and oxygen atoms in total. The molecule has 4 rings (SSSR count). The monoisotopic (exact) mass is 723 g/mol. The number of hydrogen-bond acceptors (Lipinski definition) is 18. The Morgan fingerprint density at radius 2 is 1.94 bits per heavy atom. The van der Waals surface area contributed by atoms with Gasteiger partial charge in [-0.25, -0.2) is 23.4 Å². The van der Waals surface area contributed by atoms with Crippen LogP contribution < -0.4 is 16.7 Å². The van der Waals surface area contributed by atoms with E-state index < -0.39 is 111 Å². The Bertz CT molecular complexity index is 1620. The van der Waals surface area contributed by atoms with Crippen LogP contribution in [0.2, 0.25) is 0 Å². The zero-order valence-corrected chi connectivity index (χ0v) is 27.0. The average molecular weight is 724 g/mol. The zero-order valence-electron chi connectivity index (χ0n) is 26.2. The van der Waals surface area contributed by atoms with Crippen molar-refractivity contribution in [3.8, 4) is 0 Å². The van der Waals surface area contributed by atoms with Crippen molar-refractivity contribution in [2.45, 2.75) is 100 Å². The molecule has 11 N–H and O–H groups in total. The molecule has 2 aliphatic heterocycles. The lowest BCUT2D eigenvalue weighted by Gasteiger charge is -2.46. The molecule has 2 aromatic heterocycles. The lowest BCUT2D eigenvalue weighted by Crippen LogP contribution is -2.67. The van der Waals surface area contributed by atoms with Crippen molar-refractivity contribution in [2.75, 3.05) is 12.3 Å². The number of aliphatic hydroxyl groups excluding tert-OH is 5. The van der Waals surface area contributed by atoms with Gasteiger partial charge in [-0.3, -0.25) is 13.9 Å². The first kappa shape index (κ1) is 38.4. The van der Waals surface area contributed by atoms with Crippen molar-refractivity contribution in [2.24, 2.45) is 0 Å². The third-order valence-corrected chi connectivity index (χ3v) is 8.67. The molecule has 4 heterocycles. The van der Waals surface area contributed by atoms with Crippen LogP contribution in [-0.2, 0) is 44.8 Å². The highest BCUT2D eigenvalue weighted by molar-refractivity contribution is 7.47. The molecule has 0 saturated carbocycles. The van der Waals surface area contributed by atoms with Crippen LogP contribution in [0.25, 0.3) is 0 Å². The summed E-state index contributed by atoms with van der Waals surface area (Å²) in [6, 6.07) is -0.387. The van der Waals surface area contributed by atoms with Crippen molar-refractivity contribution < 1.29 is 73.3 Å². The van der Waals surface area contributed by atoms with Gasteiger partial charge < -0.3 is 61.2 Å². The molecular formula is C25H38N7O16P. The highest BCUT2D eigenvalue weighted by Gasteiger charge is 2.59. The summed E-state index contributed by atoms with van der Waals surface area (Å²) in [5, 5.41) is 83.6. The van der Waals surface area contributed by atoms with E-state index in [4.69, 9.17) is 24.3 Å². The number of hydrogen-bond donors (Lipinski definition) is 10. The fraction of sp³-hybridized carbons (Fsp3) is 0.680. The van der Waals surface area contributed by atoms with Crippen molar-refractivity contribution in [1.29, 1.82) is 0 Å². The van der Waals surface area contributed by atoms with Gasteiger partial charge in [-0.2, -0.15) is 4.98 Å². The molecule has 11 atom stereocenters. The molecule has 49 heavy (non-hydrogen) atoms. The Labute approximate surface area is 276 Å². The van der Waals surface area contributed by atoms with Gasteiger partial charge in [-0.05, 0) is 19.9 Å². The van der Waals surface area contributed by atoms with Gasteiger partial charge in [0.1, 0.15) is 53.7 Å². The van der Waals surface area contributed by atoms with Crippen molar-refractivity contribution >= 4 is 25.5 Å². The molecule has 1 unspecified atom stereocenters. The molecule has 2 saturated heterocycles. The number of phosphoric acid groups is 1. The molecule has 0 aliphatic carbocycles. The van der Waals surface area contributed by atoms with Crippen LogP contribution in [0.15, 0.2) is 23.3 Å². The van der Waals surface area contributed by atoms with Crippen LogP contribution >= 0.6 is 7.82 Å². The lowest BCUT2D eigenvalue weighted by atomic mass is 9.88. The number of ether oxygens (including phenoxy) is 2. The van der Waals surface area contributed by atoms with Crippen molar-refractivity contribution in [3.63, 3.8) is 0 Å². The molecule has 0 spiro atoms. The number of carboxylic acids is 1. The van der Waals surface area contributed by atoms with Gasteiger partial charge in [0.15, 0.2) is 6.23 Å². The van der Waals surface area contributed by atoms with Gasteiger partial charge in [0.25, 0.3) is 5.79 Å². The third-order valence-electron chi connectivity index (χ3n) is 7.67. The number of nitrogens with two attached hydrogens (primary N) is 1. The number of aliphatic hydroxyl groups is 6. The maximum Gasteiger partial charge on any atom is 0.475 e. The summed E-state index contributed by atoms with van der Waals surface area (Å²) in [5.41, 5.74) is 3.18. The van der Waals surface area contributed by atoms with Crippen LogP contribution in [0.1, 0.15) is 39.1 Å². The summed E-state index contributed by atoms with van der Waals surface area (Å²) in [5.74, 6) is -6.24. The fourth-order valence-electron chi connectivity index (χ4n) is 5.18. The average Bonchev–Trinajstić information content (AvgIpc) is 3.57.